The number of unbranched alkanes of at least 4 members (excludes halogenated alkanes) is 2. The first-order chi connectivity index (χ1) is 4.68. The molecule has 11 heavy (non-hydrogen) atoms. The summed E-state index contributed by atoms with van der Waals surface area (Å²) in [6, 6.07) is -0.661. The van der Waals surface area contributed by atoms with Crippen LogP contribution in [0.5, 0.6) is 0 Å². The molecular weight excluding hydrogens is 153 g/mol. The van der Waals surface area contributed by atoms with E-state index in [4.69, 9.17) is 10.8 Å². The normalized spacial score (nSPS) is 11.8. The van der Waals surface area contributed by atoms with Gasteiger partial charge in [-0.15, -0.1) is 0 Å². The van der Waals surface area contributed by atoms with Crippen LogP contribution < -0.4 is 5.73 Å². The van der Waals surface area contributed by atoms with E-state index in [0.717, 1.165) is 19.3 Å². The Morgan fingerprint density at radius 2 is 2.09 bits per heavy atom. The summed E-state index contributed by atoms with van der Waals surface area (Å²) in [7, 11) is 0. The average molecular weight is 169 g/mol. The van der Waals surface area contributed by atoms with E-state index in [9.17, 15) is 4.79 Å². The van der Waals surface area contributed by atoms with Crippen LogP contribution in [-0.2, 0) is 4.79 Å². The second kappa shape index (κ2) is 8.53. The molecule has 0 aromatic heterocycles. The molecule has 0 aliphatic rings. The number of carboxylic acids is 1. The molecule has 0 aromatic rings. The fourth-order valence-electron chi connectivity index (χ4n) is 0.738. The Labute approximate surface area is 89.6 Å². The van der Waals surface area contributed by atoms with Gasteiger partial charge < -0.3 is 10.8 Å². The van der Waals surface area contributed by atoms with Gasteiger partial charge in [0, 0.05) is 0 Å². The molecule has 0 saturated heterocycles. The second-order valence-electron chi connectivity index (χ2n) is 2.44. The van der Waals surface area contributed by atoms with E-state index in [2.05, 4.69) is 6.92 Å². The molecule has 3 nitrogen and oxygen atoms in total. The van der Waals surface area contributed by atoms with Gasteiger partial charge in [0.25, 0.3) is 0 Å². The Hall–Kier alpha value is 0.430. The van der Waals surface area contributed by atoms with Gasteiger partial charge in [-0.1, -0.05) is 26.2 Å². The molecule has 0 rings (SSSR count). The summed E-state index contributed by atoms with van der Waals surface area (Å²) in [5.41, 5.74) is 5.26. The van der Waals surface area contributed by atoms with Gasteiger partial charge in [-0.05, 0) is 6.42 Å². The number of nitrogens with two attached hydrogens (primary N) is 1. The Balaban J connectivity index is 0. The van der Waals surface area contributed by atoms with Crippen molar-refractivity contribution in [1.82, 2.24) is 0 Å². The number of rotatable bonds is 5. The molecule has 0 spiro atoms. The summed E-state index contributed by atoms with van der Waals surface area (Å²) in [6.07, 6.45) is 3.69. The van der Waals surface area contributed by atoms with E-state index in [0.29, 0.717) is 6.42 Å². The van der Waals surface area contributed by atoms with Crippen LogP contribution in [-0.4, -0.2) is 46.7 Å². The third kappa shape index (κ3) is 8.34. The zero-order chi connectivity index (χ0) is 7.98. The third-order valence-electron chi connectivity index (χ3n) is 1.44. The maximum atomic E-state index is 10.2. The van der Waals surface area contributed by atoms with Crippen LogP contribution in [0.25, 0.3) is 0 Å². The zero-order valence-corrected chi connectivity index (χ0v) is 6.34. The van der Waals surface area contributed by atoms with Crippen molar-refractivity contribution in [2.75, 3.05) is 0 Å². The maximum absolute atomic E-state index is 10.2. The molecule has 0 fully saturated rings. The van der Waals surface area contributed by atoms with Crippen LogP contribution >= 0.6 is 0 Å². The fraction of sp³-hybridized carbons (Fsp3) is 0.857. The quantitative estimate of drug-likeness (QED) is 0.460. The van der Waals surface area contributed by atoms with Crippen LogP contribution in [0, 0.1) is 0 Å². The number of carbonyl (C=O) groups is 1. The van der Waals surface area contributed by atoms with Crippen molar-refractivity contribution in [3.8, 4) is 0 Å². The van der Waals surface area contributed by atoms with Gasteiger partial charge in [0.05, 0.1) is 0 Å². The van der Waals surface area contributed by atoms with E-state index in [1.54, 1.807) is 0 Å². The summed E-state index contributed by atoms with van der Waals surface area (Å²) >= 11 is 0. The van der Waals surface area contributed by atoms with Crippen LogP contribution in [0.3, 0.4) is 0 Å². The third-order valence-corrected chi connectivity index (χ3v) is 1.44. The molecule has 0 aliphatic carbocycles. The molecule has 1 atom stereocenters. The molecule has 1 unspecified atom stereocenters. The molecule has 62 valence electrons. The molecule has 3 N–H and O–H groups in total. The van der Waals surface area contributed by atoms with Gasteiger partial charge in [-0.25, -0.2) is 0 Å². The Bertz CT molecular complexity index is 109. The van der Waals surface area contributed by atoms with Crippen molar-refractivity contribution in [3.05, 3.63) is 0 Å². The van der Waals surface area contributed by atoms with Crippen molar-refractivity contribution in [3.63, 3.8) is 0 Å². The molecular formula is C7H16NNaO2. The van der Waals surface area contributed by atoms with Gasteiger partial charge in [-0.2, -0.15) is 0 Å². The first kappa shape index (κ1) is 14.0. The molecule has 0 aromatic carbocycles. The summed E-state index contributed by atoms with van der Waals surface area (Å²) in [5.74, 6) is -0.892. The second-order valence-corrected chi connectivity index (χ2v) is 2.44. The van der Waals surface area contributed by atoms with Crippen LogP contribution in [0.1, 0.15) is 32.6 Å². The molecule has 0 radical (unpaired) electrons. The first-order valence-corrected chi connectivity index (χ1v) is 3.67. The molecule has 0 amide bonds. The van der Waals surface area contributed by atoms with Gasteiger partial charge in [0.15, 0.2) is 0 Å². The van der Waals surface area contributed by atoms with Gasteiger partial charge in [0.1, 0.15) is 6.04 Å². The predicted molar refractivity (Wildman–Crippen MR) is 46.9 cm³/mol. The van der Waals surface area contributed by atoms with E-state index in [1.165, 1.54) is 0 Å². The topological polar surface area (TPSA) is 63.3 Å². The molecule has 0 heterocycles. The number of carboxylic acid groups (broad SMARTS) is 1. The number of hydrogen-bond donors (Lipinski definition) is 2. The van der Waals surface area contributed by atoms with E-state index < -0.39 is 12.0 Å². The summed E-state index contributed by atoms with van der Waals surface area (Å²) in [6.45, 7) is 2.08. The van der Waals surface area contributed by atoms with E-state index >= 15 is 0 Å². The van der Waals surface area contributed by atoms with Crippen LogP contribution in [0.2, 0.25) is 0 Å². The minimum absolute atomic E-state index is 0. The Morgan fingerprint density at radius 1 is 1.55 bits per heavy atom. The SMILES string of the molecule is CCCCCC(N)C(=O)O.[NaH]. The standard InChI is InChI=1S/C7H15NO2.Na.H/c1-2-3-4-5-6(8)7(9)10;;/h6H,2-5,8H2,1H3,(H,9,10);;. The van der Waals surface area contributed by atoms with Crippen molar-refractivity contribution in [2.24, 2.45) is 5.73 Å². The summed E-state index contributed by atoms with van der Waals surface area (Å²) < 4.78 is 0. The summed E-state index contributed by atoms with van der Waals surface area (Å²) in [4.78, 5) is 10.2. The number of hydrogen-bond acceptors (Lipinski definition) is 2. The Kier molecular flexibility index (Phi) is 10.8. The molecule has 0 bridgehead atoms. The zero-order valence-electron chi connectivity index (χ0n) is 6.34. The van der Waals surface area contributed by atoms with Crippen LogP contribution in [0.4, 0.5) is 0 Å². The number of aliphatic carboxylic acids is 1. The van der Waals surface area contributed by atoms with Crippen molar-refractivity contribution in [2.45, 2.75) is 38.6 Å². The van der Waals surface area contributed by atoms with Crippen molar-refractivity contribution in [1.29, 1.82) is 0 Å². The average Bonchev–Trinajstić information content (AvgIpc) is 1.88. The molecule has 0 aliphatic heterocycles. The molecule has 4 heteroatoms. The Morgan fingerprint density at radius 3 is 2.45 bits per heavy atom. The fourth-order valence-corrected chi connectivity index (χ4v) is 0.738. The predicted octanol–water partition coefficient (Wildman–Crippen LogP) is 0.330. The van der Waals surface area contributed by atoms with Gasteiger partial charge in [0.2, 0.25) is 0 Å². The van der Waals surface area contributed by atoms with E-state index in [1.807, 2.05) is 0 Å². The monoisotopic (exact) mass is 169 g/mol. The van der Waals surface area contributed by atoms with Crippen LogP contribution in [0.15, 0.2) is 0 Å². The minimum atomic E-state index is -0.892. The van der Waals surface area contributed by atoms with Gasteiger partial charge >= 0.3 is 35.5 Å². The van der Waals surface area contributed by atoms with Gasteiger partial charge in [-0.3, -0.25) is 4.79 Å². The van der Waals surface area contributed by atoms with Crippen molar-refractivity contribution < 1.29 is 9.90 Å². The molecule has 0 saturated carbocycles. The van der Waals surface area contributed by atoms with Crippen molar-refractivity contribution >= 4 is 35.5 Å². The summed E-state index contributed by atoms with van der Waals surface area (Å²) in [5, 5.41) is 8.36. The first-order valence-electron chi connectivity index (χ1n) is 3.67. The van der Waals surface area contributed by atoms with E-state index in [-0.39, 0.29) is 29.6 Å².